The van der Waals surface area contributed by atoms with Crippen molar-refractivity contribution in [3.8, 4) is 5.75 Å². The average Bonchev–Trinajstić information content (AvgIpc) is 3.08. The monoisotopic (exact) mass is 471 g/mol. The van der Waals surface area contributed by atoms with Crippen molar-refractivity contribution in [3.05, 3.63) is 65.1 Å². The summed E-state index contributed by atoms with van der Waals surface area (Å²) in [6.45, 7) is 0.624. The maximum atomic E-state index is 13.9. The van der Waals surface area contributed by atoms with Gasteiger partial charge in [0.15, 0.2) is 11.4 Å². The number of rotatable bonds is 9. The maximum absolute atomic E-state index is 13.9. The van der Waals surface area contributed by atoms with Crippen LogP contribution in [0.3, 0.4) is 0 Å². The topological polar surface area (TPSA) is 75.9 Å². The molecular weight excluding hydrogens is 449 g/mol. The number of aliphatic hydroxyl groups excluding tert-OH is 1. The summed E-state index contributed by atoms with van der Waals surface area (Å²) in [5, 5.41) is 12.0. The number of alkyl halides is 3. The average molecular weight is 471 g/mol. The van der Waals surface area contributed by atoms with Gasteiger partial charge in [-0.1, -0.05) is 6.07 Å². The van der Waals surface area contributed by atoms with Gasteiger partial charge in [-0.3, -0.25) is 9.20 Å². The Kier molecular flexibility index (Phi) is 7.52. The number of carbonyl (C=O) groups excluding carboxylic acids is 1. The number of pyridine rings is 1. The highest BCUT2D eigenvalue weighted by molar-refractivity contribution is 5.95. The first-order chi connectivity index (χ1) is 15.6. The second-order valence-corrected chi connectivity index (χ2v) is 7.46. The van der Waals surface area contributed by atoms with Crippen LogP contribution in [0.2, 0.25) is 0 Å². The first-order valence-electron chi connectivity index (χ1n) is 10.1. The van der Waals surface area contributed by atoms with Gasteiger partial charge in [-0.2, -0.15) is 13.2 Å². The van der Waals surface area contributed by atoms with Gasteiger partial charge in [0.1, 0.15) is 23.9 Å². The van der Waals surface area contributed by atoms with Crippen LogP contribution in [-0.4, -0.2) is 39.2 Å². The molecule has 0 radical (unpaired) electrons. The van der Waals surface area contributed by atoms with Gasteiger partial charge in [0.05, 0.1) is 23.9 Å². The Labute approximate surface area is 186 Å². The summed E-state index contributed by atoms with van der Waals surface area (Å²) in [6.07, 6.45) is -4.11. The molecule has 2 N–H and O–H groups in total. The Morgan fingerprint density at radius 1 is 1.21 bits per heavy atom. The van der Waals surface area contributed by atoms with E-state index in [1.165, 1.54) is 22.7 Å². The number of imidazole rings is 1. The minimum atomic E-state index is -4.32. The van der Waals surface area contributed by atoms with E-state index in [2.05, 4.69) is 10.3 Å². The van der Waals surface area contributed by atoms with Crippen LogP contribution >= 0.6 is 0 Å². The summed E-state index contributed by atoms with van der Waals surface area (Å²) in [4.78, 5) is 17.1. The standard InChI is InChI=1S/C22H22F5N3O3/c1-13-19(21(32)29-14(11-31)5-3-9-22(25,26)27)30-10-4-8-18(20(30)28-13)33-12-15-16(23)6-2-7-17(15)24/h2,4,6-8,10,14,31H,3,5,9,11-12H2,1H3,(H,29,32). The number of aliphatic hydroxyl groups is 1. The van der Waals surface area contributed by atoms with Crippen molar-refractivity contribution in [1.82, 2.24) is 14.7 Å². The third kappa shape index (κ3) is 5.98. The molecule has 1 amide bonds. The number of carbonyl (C=O) groups is 1. The molecule has 6 nitrogen and oxygen atoms in total. The van der Waals surface area contributed by atoms with Crippen LogP contribution in [0.5, 0.6) is 5.75 Å². The second kappa shape index (κ2) is 10.2. The predicted molar refractivity (Wildman–Crippen MR) is 109 cm³/mol. The highest BCUT2D eigenvalue weighted by Gasteiger charge is 2.27. The van der Waals surface area contributed by atoms with Crippen LogP contribution in [0, 0.1) is 18.6 Å². The molecule has 0 saturated heterocycles. The third-order valence-corrected chi connectivity index (χ3v) is 5.01. The summed E-state index contributed by atoms with van der Waals surface area (Å²) >= 11 is 0. The minimum absolute atomic E-state index is 0.0555. The Hall–Kier alpha value is -3.21. The highest BCUT2D eigenvalue weighted by Crippen LogP contribution is 2.25. The van der Waals surface area contributed by atoms with Crippen molar-refractivity contribution in [3.63, 3.8) is 0 Å². The Bertz CT molecular complexity index is 1110. The van der Waals surface area contributed by atoms with Crippen molar-refractivity contribution < 1.29 is 36.6 Å². The molecule has 3 aromatic rings. The van der Waals surface area contributed by atoms with E-state index in [0.29, 0.717) is 5.69 Å². The lowest BCUT2D eigenvalue weighted by Crippen LogP contribution is -2.38. The maximum Gasteiger partial charge on any atom is 0.389 e. The summed E-state index contributed by atoms with van der Waals surface area (Å²) in [5.74, 6) is -1.99. The second-order valence-electron chi connectivity index (χ2n) is 7.46. The first kappa shape index (κ1) is 24.4. The summed E-state index contributed by atoms with van der Waals surface area (Å²) in [7, 11) is 0. The van der Waals surface area contributed by atoms with Gasteiger partial charge in [-0.05, 0) is 44.0 Å². The van der Waals surface area contributed by atoms with E-state index >= 15 is 0 Å². The molecular formula is C22H22F5N3O3. The van der Waals surface area contributed by atoms with Crippen LogP contribution in [0.15, 0.2) is 36.5 Å². The number of benzene rings is 1. The van der Waals surface area contributed by atoms with Gasteiger partial charge < -0.3 is 15.2 Å². The summed E-state index contributed by atoms with van der Waals surface area (Å²) in [6, 6.07) is 5.66. The Morgan fingerprint density at radius 2 is 1.91 bits per heavy atom. The lowest BCUT2D eigenvalue weighted by molar-refractivity contribution is -0.135. The molecule has 33 heavy (non-hydrogen) atoms. The fourth-order valence-electron chi connectivity index (χ4n) is 3.37. The van der Waals surface area contributed by atoms with E-state index in [1.807, 2.05) is 0 Å². The zero-order valence-corrected chi connectivity index (χ0v) is 17.6. The third-order valence-electron chi connectivity index (χ3n) is 5.01. The molecule has 0 spiro atoms. The summed E-state index contributed by atoms with van der Waals surface area (Å²) in [5.41, 5.74) is 0.356. The Morgan fingerprint density at radius 3 is 2.55 bits per heavy atom. The number of aromatic nitrogens is 2. The number of ether oxygens (including phenoxy) is 1. The zero-order chi connectivity index (χ0) is 24.2. The predicted octanol–water partition coefficient (Wildman–Crippen LogP) is 4.32. The molecule has 1 aromatic carbocycles. The van der Waals surface area contributed by atoms with Crippen molar-refractivity contribution in [1.29, 1.82) is 0 Å². The van der Waals surface area contributed by atoms with Gasteiger partial charge >= 0.3 is 6.18 Å². The van der Waals surface area contributed by atoms with Crippen molar-refractivity contribution in [2.45, 2.75) is 45.0 Å². The number of fused-ring (bicyclic) bond motifs is 1. The lowest BCUT2D eigenvalue weighted by atomic mass is 10.1. The van der Waals surface area contributed by atoms with E-state index in [4.69, 9.17) is 4.74 Å². The number of aryl methyl sites for hydroxylation is 1. The van der Waals surface area contributed by atoms with Gasteiger partial charge in [0.25, 0.3) is 5.91 Å². The molecule has 1 atom stereocenters. The molecule has 2 aromatic heterocycles. The van der Waals surface area contributed by atoms with Gasteiger partial charge in [0, 0.05) is 12.6 Å². The number of hydrogen-bond donors (Lipinski definition) is 2. The fourth-order valence-corrected chi connectivity index (χ4v) is 3.37. The van der Waals surface area contributed by atoms with Crippen molar-refractivity contribution in [2.24, 2.45) is 0 Å². The van der Waals surface area contributed by atoms with Crippen LogP contribution in [0.1, 0.15) is 41.0 Å². The molecule has 0 aliphatic carbocycles. The number of nitrogens with zero attached hydrogens (tertiary/aromatic N) is 2. The molecule has 1 unspecified atom stereocenters. The Balaban J connectivity index is 1.78. The first-order valence-corrected chi connectivity index (χ1v) is 10.1. The number of hydrogen-bond acceptors (Lipinski definition) is 4. The highest BCUT2D eigenvalue weighted by atomic mass is 19.4. The number of halogens is 5. The number of amides is 1. The van der Waals surface area contributed by atoms with Crippen LogP contribution in [0.25, 0.3) is 5.65 Å². The van der Waals surface area contributed by atoms with Crippen LogP contribution < -0.4 is 10.1 Å². The van der Waals surface area contributed by atoms with E-state index in [1.54, 1.807) is 13.0 Å². The number of nitrogens with one attached hydrogen (secondary N) is 1. The van der Waals surface area contributed by atoms with E-state index in [-0.39, 0.29) is 35.5 Å². The van der Waals surface area contributed by atoms with Gasteiger partial charge in [-0.25, -0.2) is 13.8 Å². The lowest BCUT2D eigenvalue weighted by Gasteiger charge is -2.17. The van der Waals surface area contributed by atoms with E-state index in [9.17, 15) is 31.9 Å². The molecule has 0 aliphatic rings. The molecule has 0 fully saturated rings. The summed E-state index contributed by atoms with van der Waals surface area (Å²) < 4.78 is 71.8. The molecule has 11 heteroatoms. The smallest absolute Gasteiger partial charge is 0.389 e. The van der Waals surface area contributed by atoms with Crippen molar-refractivity contribution >= 4 is 11.6 Å². The van der Waals surface area contributed by atoms with Gasteiger partial charge in [-0.15, -0.1) is 0 Å². The van der Waals surface area contributed by atoms with Crippen LogP contribution in [0.4, 0.5) is 22.0 Å². The van der Waals surface area contributed by atoms with E-state index < -0.39 is 49.4 Å². The minimum Gasteiger partial charge on any atom is -0.485 e. The zero-order valence-electron chi connectivity index (χ0n) is 17.6. The van der Waals surface area contributed by atoms with E-state index in [0.717, 1.165) is 12.1 Å². The van der Waals surface area contributed by atoms with Crippen LogP contribution in [-0.2, 0) is 6.61 Å². The molecule has 0 bridgehead atoms. The quantitative estimate of drug-likeness (QED) is 0.456. The molecule has 178 valence electrons. The largest absolute Gasteiger partial charge is 0.485 e. The molecule has 0 aliphatic heterocycles. The van der Waals surface area contributed by atoms with Crippen molar-refractivity contribution in [2.75, 3.05) is 6.61 Å². The fraction of sp³-hybridized carbons (Fsp3) is 0.364. The SMILES string of the molecule is Cc1nc2c(OCc3c(F)cccc3F)cccn2c1C(=O)NC(CO)CCCC(F)(F)F. The van der Waals surface area contributed by atoms with Gasteiger partial charge in [0.2, 0.25) is 0 Å². The molecule has 2 heterocycles. The molecule has 3 rings (SSSR count). The normalized spacial score (nSPS) is 12.7. The molecule has 0 saturated carbocycles.